The minimum atomic E-state index is 0.207. The Kier molecular flexibility index (Phi) is 5.84. The maximum Gasteiger partial charge on any atom is 0.174 e. The number of hydrogen-bond donors (Lipinski definition) is 1. The zero-order chi connectivity index (χ0) is 15.2. The molecule has 1 atom stereocenters. The third-order valence-corrected chi connectivity index (χ3v) is 5.10. The van der Waals surface area contributed by atoms with Crippen molar-refractivity contribution < 1.29 is 9.47 Å². The molecule has 0 aliphatic carbocycles. The van der Waals surface area contributed by atoms with Crippen LogP contribution in [0, 0.1) is 6.92 Å². The van der Waals surface area contributed by atoms with Crippen LogP contribution in [-0.4, -0.2) is 37.2 Å². The first kappa shape index (κ1) is 16.1. The molecule has 1 aromatic carbocycles. The molecule has 0 aliphatic rings. The number of rotatable bonds is 7. The number of aromatic nitrogens is 2. The van der Waals surface area contributed by atoms with Gasteiger partial charge in [0.05, 0.1) is 14.2 Å². The highest BCUT2D eigenvalue weighted by molar-refractivity contribution is 8.01. The predicted molar refractivity (Wildman–Crippen MR) is 86.7 cm³/mol. The Hall–Kier alpha value is -1.31. The van der Waals surface area contributed by atoms with Gasteiger partial charge in [-0.15, -0.1) is 10.2 Å². The quantitative estimate of drug-likeness (QED) is 0.790. The van der Waals surface area contributed by atoms with E-state index in [2.05, 4.69) is 21.6 Å². The predicted octanol–water partition coefficient (Wildman–Crippen LogP) is 2.92. The van der Waals surface area contributed by atoms with E-state index in [1.165, 1.54) is 0 Å². The zero-order valence-electron chi connectivity index (χ0n) is 12.5. The summed E-state index contributed by atoms with van der Waals surface area (Å²) in [5.41, 5.74) is 1.16. The standard InChI is InChI=1S/C14H19N3O2S2/c1-9-16-17-14(21-9)20-8-11(15-2)10-5-6-12(18-3)13(7-10)19-4/h5-7,11,15H,8H2,1-4H3. The Morgan fingerprint density at radius 2 is 2.00 bits per heavy atom. The van der Waals surface area contributed by atoms with Crippen LogP contribution in [0.2, 0.25) is 0 Å². The molecule has 0 radical (unpaired) electrons. The summed E-state index contributed by atoms with van der Waals surface area (Å²) in [6.45, 7) is 1.96. The minimum Gasteiger partial charge on any atom is -0.493 e. The molecule has 0 saturated carbocycles. The van der Waals surface area contributed by atoms with E-state index in [1.807, 2.05) is 26.1 Å². The highest BCUT2D eigenvalue weighted by atomic mass is 32.2. The molecule has 1 aromatic heterocycles. The van der Waals surface area contributed by atoms with E-state index in [1.54, 1.807) is 37.3 Å². The van der Waals surface area contributed by atoms with Crippen LogP contribution in [0.3, 0.4) is 0 Å². The number of nitrogens with zero attached hydrogens (tertiary/aromatic N) is 2. The highest BCUT2D eigenvalue weighted by Gasteiger charge is 2.14. The van der Waals surface area contributed by atoms with Gasteiger partial charge in [0.25, 0.3) is 0 Å². The van der Waals surface area contributed by atoms with Crippen molar-refractivity contribution in [2.24, 2.45) is 0 Å². The van der Waals surface area contributed by atoms with Gasteiger partial charge in [-0.25, -0.2) is 0 Å². The van der Waals surface area contributed by atoms with Crippen LogP contribution < -0.4 is 14.8 Å². The van der Waals surface area contributed by atoms with Crippen molar-refractivity contribution in [2.75, 3.05) is 27.0 Å². The molecule has 0 aliphatic heterocycles. The molecular weight excluding hydrogens is 306 g/mol. The largest absolute Gasteiger partial charge is 0.493 e. The summed E-state index contributed by atoms with van der Waals surface area (Å²) >= 11 is 3.32. The molecule has 1 unspecified atom stereocenters. The zero-order valence-corrected chi connectivity index (χ0v) is 14.2. The molecule has 2 rings (SSSR count). The van der Waals surface area contributed by atoms with E-state index in [0.717, 1.165) is 32.2 Å². The first-order valence-electron chi connectivity index (χ1n) is 6.50. The fraction of sp³-hybridized carbons (Fsp3) is 0.429. The lowest BCUT2D eigenvalue weighted by Gasteiger charge is -2.17. The number of ether oxygens (including phenoxy) is 2. The second-order valence-corrected chi connectivity index (χ2v) is 6.80. The van der Waals surface area contributed by atoms with Crippen LogP contribution in [0.15, 0.2) is 22.5 Å². The fourth-order valence-electron chi connectivity index (χ4n) is 1.91. The third kappa shape index (κ3) is 4.09. The Morgan fingerprint density at radius 3 is 2.57 bits per heavy atom. The lowest BCUT2D eigenvalue weighted by molar-refractivity contribution is 0.354. The van der Waals surface area contributed by atoms with E-state index >= 15 is 0 Å². The molecule has 1 N–H and O–H groups in total. The summed E-state index contributed by atoms with van der Waals surface area (Å²) in [7, 11) is 5.24. The van der Waals surface area contributed by atoms with Crippen molar-refractivity contribution in [1.29, 1.82) is 0 Å². The van der Waals surface area contributed by atoms with Crippen LogP contribution in [-0.2, 0) is 0 Å². The molecule has 2 aromatic rings. The molecule has 0 saturated heterocycles. The van der Waals surface area contributed by atoms with Gasteiger partial charge in [-0.3, -0.25) is 0 Å². The van der Waals surface area contributed by atoms with Gasteiger partial charge in [-0.1, -0.05) is 29.2 Å². The molecular formula is C14H19N3O2S2. The number of hydrogen-bond acceptors (Lipinski definition) is 7. The van der Waals surface area contributed by atoms with Gasteiger partial charge in [0.1, 0.15) is 5.01 Å². The fourth-order valence-corrected chi connectivity index (χ4v) is 3.89. The van der Waals surface area contributed by atoms with Crippen molar-refractivity contribution in [3.05, 3.63) is 28.8 Å². The maximum atomic E-state index is 5.36. The normalized spacial score (nSPS) is 12.2. The lowest BCUT2D eigenvalue weighted by Crippen LogP contribution is -2.18. The van der Waals surface area contributed by atoms with Gasteiger partial charge in [0.2, 0.25) is 0 Å². The lowest BCUT2D eigenvalue weighted by atomic mass is 10.1. The summed E-state index contributed by atoms with van der Waals surface area (Å²) in [6, 6.07) is 6.19. The average molecular weight is 325 g/mol. The Bertz CT molecular complexity index is 589. The van der Waals surface area contributed by atoms with Gasteiger partial charge in [0.15, 0.2) is 15.8 Å². The first-order chi connectivity index (χ1) is 10.2. The van der Waals surface area contributed by atoms with E-state index in [0.29, 0.717) is 0 Å². The number of aryl methyl sites for hydroxylation is 1. The Morgan fingerprint density at radius 1 is 1.24 bits per heavy atom. The van der Waals surface area contributed by atoms with Crippen LogP contribution >= 0.6 is 23.1 Å². The summed E-state index contributed by atoms with van der Waals surface area (Å²) < 4.78 is 11.6. The number of benzene rings is 1. The average Bonchev–Trinajstić information content (AvgIpc) is 2.93. The van der Waals surface area contributed by atoms with Crippen molar-refractivity contribution in [3.63, 3.8) is 0 Å². The smallest absolute Gasteiger partial charge is 0.174 e. The molecule has 7 heteroatoms. The van der Waals surface area contributed by atoms with Crippen molar-refractivity contribution >= 4 is 23.1 Å². The third-order valence-electron chi connectivity index (χ3n) is 3.04. The first-order valence-corrected chi connectivity index (χ1v) is 8.30. The van der Waals surface area contributed by atoms with Gasteiger partial charge >= 0.3 is 0 Å². The van der Waals surface area contributed by atoms with Crippen molar-refractivity contribution in [3.8, 4) is 11.5 Å². The summed E-state index contributed by atoms with van der Waals surface area (Å²) in [6.07, 6.45) is 0. The van der Waals surface area contributed by atoms with E-state index in [4.69, 9.17) is 9.47 Å². The Balaban J connectivity index is 2.09. The summed E-state index contributed by atoms with van der Waals surface area (Å²) in [5, 5.41) is 12.5. The molecule has 1 heterocycles. The summed E-state index contributed by atoms with van der Waals surface area (Å²) in [5.74, 6) is 2.36. The molecule has 0 bridgehead atoms. The maximum absolute atomic E-state index is 5.36. The van der Waals surface area contributed by atoms with Gasteiger partial charge in [-0.05, 0) is 31.7 Å². The summed E-state index contributed by atoms with van der Waals surface area (Å²) in [4.78, 5) is 0. The minimum absolute atomic E-state index is 0.207. The van der Waals surface area contributed by atoms with Crippen LogP contribution in [0.5, 0.6) is 11.5 Å². The van der Waals surface area contributed by atoms with Crippen LogP contribution in [0.25, 0.3) is 0 Å². The highest BCUT2D eigenvalue weighted by Crippen LogP contribution is 2.32. The second kappa shape index (κ2) is 7.63. The number of thioether (sulfide) groups is 1. The molecule has 0 fully saturated rings. The monoisotopic (exact) mass is 325 g/mol. The van der Waals surface area contributed by atoms with Crippen molar-refractivity contribution in [2.45, 2.75) is 17.3 Å². The van der Waals surface area contributed by atoms with Crippen LogP contribution in [0.4, 0.5) is 0 Å². The van der Waals surface area contributed by atoms with E-state index < -0.39 is 0 Å². The molecule has 0 spiro atoms. The topological polar surface area (TPSA) is 56.3 Å². The van der Waals surface area contributed by atoms with E-state index in [-0.39, 0.29) is 6.04 Å². The van der Waals surface area contributed by atoms with E-state index in [9.17, 15) is 0 Å². The second-order valence-electron chi connectivity index (χ2n) is 4.35. The molecule has 114 valence electrons. The molecule has 21 heavy (non-hydrogen) atoms. The Labute approximate surface area is 133 Å². The van der Waals surface area contributed by atoms with Crippen molar-refractivity contribution in [1.82, 2.24) is 15.5 Å². The van der Waals surface area contributed by atoms with Gasteiger partial charge < -0.3 is 14.8 Å². The van der Waals surface area contributed by atoms with Gasteiger partial charge in [0, 0.05) is 11.8 Å². The SMILES string of the molecule is CNC(CSc1nnc(C)s1)c1ccc(OC)c(OC)c1. The molecule has 0 amide bonds. The number of nitrogens with one attached hydrogen (secondary N) is 1. The van der Waals surface area contributed by atoms with Crippen LogP contribution in [0.1, 0.15) is 16.6 Å². The number of methoxy groups -OCH3 is 2. The molecule has 5 nitrogen and oxygen atoms in total. The van der Waals surface area contributed by atoms with Gasteiger partial charge in [-0.2, -0.15) is 0 Å².